The Labute approximate surface area is 372 Å². The smallest absolute Gasteiger partial charge is 0.0640 e. The highest BCUT2D eigenvalue weighted by Crippen LogP contribution is 2.47. The van der Waals surface area contributed by atoms with Crippen LogP contribution in [0.5, 0.6) is 0 Å². The molecule has 0 spiro atoms. The summed E-state index contributed by atoms with van der Waals surface area (Å²) in [4.78, 5) is 4.71. The molecule has 1 aromatic heterocycles. The summed E-state index contributed by atoms with van der Waals surface area (Å²) in [5.74, 6) is 0. The quantitative estimate of drug-likeness (QED) is 0.136. The zero-order valence-electron chi connectivity index (χ0n) is 34.6. The van der Waals surface area contributed by atoms with E-state index < -0.39 is 0 Å². The molecular formula is C60H42N2S. The highest BCUT2D eigenvalue weighted by Gasteiger charge is 2.21. The van der Waals surface area contributed by atoms with E-state index in [-0.39, 0.29) is 0 Å². The standard InChI is InChI=1S/C60H42N2S/c1-6-19-43(20-7-1)54-42-57(46-35-39-51(40-36-46)62(49-27-14-5-15-28-49)58-31-18-30-53-52-29-16-17-32-59(52)63-60(53)58)55(44-21-8-2-9-22-44)41-56(54)45-33-37-50(38-34-45)61(47-23-10-3-11-24-47)48-25-12-4-13-26-48/h1-42H. The topological polar surface area (TPSA) is 6.48 Å². The predicted molar refractivity (Wildman–Crippen MR) is 270 cm³/mol. The van der Waals surface area contributed by atoms with E-state index in [0.29, 0.717) is 0 Å². The van der Waals surface area contributed by atoms with Crippen LogP contribution in [-0.2, 0) is 0 Å². The molecule has 0 saturated heterocycles. The molecule has 2 nitrogen and oxygen atoms in total. The number of hydrogen-bond acceptors (Lipinski definition) is 3. The molecule has 0 aliphatic heterocycles. The van der Waals surface area contributed by atoms with E-state index in [1.165, 1.54) is 59.2 Å². The first kappa shape index (κ1) is 38.0. The van der Waals surface area contributed by atoms with Gasteiger partial charge in [-0.25, -0.2) is 0 Å². The third-order valence-electron chi connectivity index (χ3n) is 11.9. The molecule has 0 unspecified atom stereocenters. The van der Waals surface area contributed by atoms with Gasteiger partial charge in [-0.15, -0.1) is 11.3 Å². The average molecular weight is 823 g/mol. The van der Waals surface area contributed by atoms with Gasteiger partial charge >= 0.3 is 0 Å². The van der Waals surface area contributed by atoms with Crippen molar-refractivity contribution in [3.63, 3.8) is 0 Å². The van der Waals surface area contributed by atoms with Crippen molar-refractivity contribution in [3.8, 4) is 44.5 Å². The third-order valence-corrected chi connectivity index (χ3v) is 13.1. The van der Waals surface area contributed by atoms with E-state index >= 15 is 0 Å². The van der Waals surface area contributed by atoms with Crippen LogP contribution in [0.3, 0.4) is 0 Å². The molecule has 11 aromatic rings. The fourth-order valence-electron chi connectivity index (χ4n) is 8.88. The molecule has 1 heterocycles. The van der Waals surface area contributed by atoms with Gasteiger partial charge in [-0.1, -0.05) is 170 Å². The lowest BCUT2D eigenvalue weighted by Gasteiger charge is -2.26. The second-order valence-electron chi connectivity index (χ2n) is 15.7. The minimum absolute atomic E-state index is 1.10. The maximum Gasteiger partial charge on any atom is 0.0640 e. The van der Waals surface area contributed by atoms with Crippen molar-refractivity contribution < 1.29 is 0 Å². The van der Waals surface area contributed by atoms with Gasteiger partial charge < -0.3 is 9.80 Å². The molecule has 3 heteroatoms. The van der Waals surface area contributed by atoms with E-state index in [4.69, 9.17) is 0 Å². The first-order chi connectivity index (χ1) is 31.3. The summed E-state index contributed by atoms with van der Waals surface area (Å²) in [6.07, 6.45) is 0. The van der Waals surface area contributed by atoms with Gasteiger partial charge in [0.05, 0.1) is 10.4 Å². The minimum Gasteiger partial charge on any atom is -0.311 e. The zero-order valence-corrected chi connectivity index (χ0v) is 35.4. The van der Waals surface area contributed by atoms with E-state index in [2.05, 4.69) is 265 Å². The molecule has 63 heavy (non-hydrogen) atoms. The van der Waals surface area contributed by atoms with Gasteiger partial charge in [-0.2, -0.15) is 0 Å². The van der Waals surface area contributed by atoms with Crippen LogP contribution in [0.15, 0.2) is 255 Å². The summed E-state index contributed by atoms with van der Waals surface area (Å²) in [6.45, 7) is 0. The van der Waals surface area contributed by atoms with Crippen LogP contribution in [0.25, 0.3) is 64.7 Å². The van der Waals surface area contributed by atoms with Crippen molar-refractivity contribution >= 4 is 65.6 Å². The Morgan fingerprint density at radius 2 is 0.603 bits per heavy atom. The first-order valence-electron chi connectivity index (χ1n) is 21.4. The monoisotopic (exact) mass is 822 g/mol. The SMILES string of the molecule is c1ccc(-c2cc(-c3ccc(N(c4ccccc4)c4cccc5c4sc4ccccc45)cc3)c(-c3ccccc3)cc2-c2ccc(N(c3ccccc3)c3ccccc3)cc2)cc1. The molecule has 0 N–H and O–H groups in total. The second kappa shape index (κ2) is 16.8. The summed E-state index contributed by atoms with van der Waals surface area (Å²) in [6, 6.07) is 91.9. The molecule has 0 saturated carbocycles. The second-order valence-corrected chi connectivity index (χ2v) is 16.8. The highest BCUT2D eigenvalue weighted by atomic mass is 32.1. The molecule has 0 amide bonds. The molecule has 0 aliphatic rings. The van der Waals surface area contributed by atoms with Crippen molar-refractivity contribution in [2.24, 2.45) is 0 Å². The lowest BCUT2D eigenvalue weighted by molar-refractivity contribution is 1.28. The Bertz CT molecular complexity index is 3250. The summed E-state index contributed by atoms with van der Waals surface area (Å²) < 4.78 is 2.58. The van der Waals surface area contributed by atoms with Gasteiger partial charge in [-0.3, -0.25) is 0 Å². The van der Waals surface area contributed by atoms with Gasteiger partial charge in [0.1, 0.15) is 0 Å². The minimum atomic E-state index is 1.10. The normalized spacial score (nSPS) is 11.2. The molecule has 0 radical (unpaired) electrons. The van der Waals surface area contributed by atoms with Crippen LogP contribution in [0.1, 0.15) is 0 Å². The molecule has 298 valence electrons. The van der Waals surface area contributed by atoms with Crippen LogP contribution < -0.4 is 9.80 Å². The van der Waals surface area contributed by atoms with Crippen LogP contribution >= 0.6 is 11.3 Å². The molecule has 0 fully saturated rings. The van der Waals surface area contributed by atoms with Gasteiger partial charge in [0.15, 0.2) is 0 Å². The Balaban J connectivity index is 1.05. The van der Waals surface area contributed by atoms with Crippen molar-refractivity contribution in [1.29, 1.82) is 0 Å². The molecule has 11 rings (SSSR count). The van der Waals surface area contributed by atoms with Crippen molar-refractivity contribution in [1.82, 2.24) is 0 Å². The molecule has 0 bridgehead atoms. The van der Waals surface area contributed by atoms with E-state index in [9.17, 15) is 0 Å². The Hall–Kier alpha value is -7.98. The molecular weight excluding hydrogens is 781 g/mol. The maximum absolute atomic E-state index is 2.41. The van der Waals surface area contributed by atoms with Crippen molar-refractivity contribution in [3.05, 3.63) is 255 Å². The highest BCUT2D eigenvalue weighted by molar-refractivity contribution is 7.26. The molecule has 0 atom stereocenters. The number of thiophene rings is 1. The Kier molecular flexibility index (Phi) is 10.1. The van der Waals surface area contributed by atoms with Crippen LogP contribution in [0.4, 0.5) is 34.1 Å². The number of benzene rings is 10. The van der Waals surface area contributed by atoms with Gasteiger partial charge in [0.2, 0.25) is 0 Å². The number of para-hydroxylation sites is 3. The summed E-state index contributed by atoms with van der Waals surface area (Å²) in [5, 5.41) is 2.58. The predicted octanol–water partition coefficient (Wildman–Crippen LogP) is 17.7. The van der Waals surface area contributed by atoms with Crippen LogP contribution in [-0.4, -0.2) is 0 Å². The molecule has 0 aliphatic carbocycles. The lowest BCUT2D eigenvalue weighted by Crippen LogP contribution is -2.09. The van der Waals surface area contributed by atoms with Gasteiger partial charge in [-0.05, 0) is 129 Å². The van der Waals surface area contributed by atoms with Gasteiger partial charge in [0, 0.05) is 43.9 Å². The maximum atomic E-state index is 2.41. The van der Waals surface area contributed by atoms with E-state index in [1.807, 2.05) is 11.3 Å². The fraction of sp³-hybridized carbons (Fsp3) is 0. The van der Waals surface area contributed by atoms with Crippen LogP contribution in [0, 0.1) is 0 Å². The number of hydrogen-bond donors (Lipinski definition) is 0. The average Bonchev–Trinajstić information content (AvgIpc) is 3.75. The molecule has 10 aromatic carbocycles. The lowest BCUT2D eigenvalue weighted by atomic mass is 9.85. The van der Waals surface area contributed by atoms with Gasteiger partial charge in [0.25, 0.3) is 0 Å². The zero-order chi connectivity index (χ0) is 42.0. The number of nitrogens with zero attached hydrogens (tertiary/aromatic N) is 2. The van der Waals surface area contributed by atoms with Crippen LogP contribution in [0.2, 0.25) is 0 Å². The number of fused-ring (bicyclic) bond motifs is 3. The van der Waals surface area contributed by atoms with E-state index in [1.54, 1.807) is 0 Å². The number of rotatable bonds is 10. The van der Waals surface area contributed by atoms with Crippen molar-refractivity contribution in [2.75, 3.05) is 9.80 Å². The summed E-state index contributed by atoms with van der Waals surface area (Å²) >= 11 is 1.86. The third kappa shape index (κ3) is 7.35. The van der Waals surface area contributed by atoms with Crippen molar-refractivity contribution in [2.45, 2.75) is 0 Å². The fourth-order valence-corrected chi connectivity index (χ4v) is 10.1. The largest absolute Gasteiger partial charge is 0.311 e. The van der Waals surface area contributed by atoms with E-state index in [0.717, 1.165) is 39.6 Å². The summed E-state index contributed by atoms with van der Waals surface area (Å²) in [5.41, 5.74) is 16.2. The Morgan fingerprint density at radius 3 is 1.08 bits per heavy atom. The Morgan fingerprint density at radius 1 is 0.254 bits per heavy atom. The summed E-state index contributed by atoms with van der Waals surface area (Å²) in [7, 11) is 0. The first-order valence-corrected chi connectivity index (χ1v) is 22.2. The number of anilines is 6.